The molecule has 1 fully saturated rings. The summed E-state index contributed by atoms with van der Waals surface area (Å²) in [4.78, 5) is 14.8. The first-order valence-corrected chi connectivity index (χ1v) is 9.41. The average molecular weight is 338 g/mol. The fourth-order valence-electron chi connectivity index (χ4n) is 3.99. The van der Waals surface area contributed by atoms with Crippen LogP contribution in [0.5, 0.6) is 0 Å². The second-order valence-electron chi connectivity index (χ2n) is 7.22. The maximum Gasteiger partial charge on any atom is 0.274 e. The van der Waals surface area contributed by atoms with Gasteiger partial charge in [-0.3, -0.25) is 9.89 Å². The topological polar surface area (TPSA) is 61.0 Å². The van der Waals surface area contributed by atoms with Gasteiger partial charge in [0, 0.05) is 43.9 Å². The van der Waals surface area contributed by atoms with E-state index in [9.17, 15) is 4.79 Å². The van der Waals surface area contributed by atoms with Crippen LogP contribution in [-0.4, -0.2) is 40.6 Å². The summed E-state index contributed by atoms with van der Waals surface area (Å²) in [6.07, 6.45) is 5.48. The van der Waals surface area contributed by atoms with Crippen molar-refractivity contribution in [2.75, 3.05) is 19.6 Å². The number of piperidine rings is 1. The minimum Gasteiger partial charge on any atom is -0.337 e. The Morgan fingerprint density at radius 1 is 1.20 bits per heavy atom. The van der Waals surface area contributed by atoms with E-state index in [1.807, 2.05) is 4.90 Å². The predicted molar refractivity (Wildman–Crippen MR) is 97.4 cm³/mol. The number of fused-ring (bicyclic) bond motifs is 1. The molecule has 25 heavy (non-hydrogen) atoms. The van der Waals surface area contributed by atoms with Crippen molar-refractivity contribution in [2.45, 2.75) is 38.6 Å². The van der Waals surface area contributed by atoms with Crippen LogP contribution >= 0.6 is 0 Å². The first kappa shape index (κ1) is 16.3. The molecule has 0 atom stereocenters. The number of rotatable bonds is 4. The number of nitrogens with zero attached hydrogens (tertiary/aromatic N) is 2. The second-order valence-corrected chi connectivity index (χ2v) is 7.22. The molecule has 2 aliphatic rings. The summed E-state index contributed by atoms with van der Waals surface area (Å²) in [6.45, 7) is 3.41. The van der Waals surface area contributed by atoms with Gasteiger partial charge in [-0.1, -0.05) is 30.3 Å². The summed E-state index contributed by atoms with van der Waals surface area (Å²) in [7, 11) is 0. The van der Waals surface area contributed by atoms with Crippen LogP contribution in [0.25, 0.3) is 0 Å². The Hall–Kier alpha value is -2.14. The lowest BCUT2D eigenvalue weighted by molar-refractivity contribution is 0.0679. The van der Waals surface area contributed by atoms with Crippen LogP contribution in [0.4, 0.5) is 0 Å². The number of hydrogen-bond acceptors (Lipinski definition) is 3. The summed E-state index contributed by atoms with van der Waals surface area (Å²) < 4.78 is 0. The quantitative estimate of drug-likeness (QED) is 0.901. The number of aromatic amines is 1. The smallest absolute Gasteiger partial charge is 0.274 e. The molecular formula is C20H26N4O. The summed E-state index contributed by atoms with van der Waals surface area (Å²) in [6, 6.07) is 10.7. The highest BCUT2D eigenvalue weighted by atomic mass is 16.2. The van der Waals surface area contributed by atoms with Crippen molar-refractivity contribution >= 4 is 5.91 Å². The van der Waals surface area contributed by atoms with Gasteiger partial charge in [0.05, 0.1) is 0 Å². The molecule has 1 aromatic heterocycles. The molecule has 0 aliphatic carbocycles. The lowest BCUT2D eigenvalue weighted by atomic mass is 9.90. The summed E-state index contributed by atoms with van der Waals surface area (Å²) >= 11 is 0. The van der Waals surface area contributed by atoms with E-state index in [1.54, 1.807) is 0 Å². The van der Waals surface area contributed by atoms with Crippen molar-refractivity contribution in [3.05, 3.63) is 52.8 Å². The Morgan fingerprint density at radius 3 is 2.80 bits per heavy atom. The first-order valence-electron chi connectivity index (χ1n) is 9.41. The van der Waals surface area contributed by atoms with Crippen molar-refractivity contribution in [1.29, 1.82) is 0 Å². The average Bonchev–Trinajstić information content (AvgIpc) is 3.11. The number of aromatic nitrogens is 2. The van der Waals surface area contributed by atoms with Gasteiger partial charge < -0.3 is 10.2 Å². The minimum absolute atomic E-state index is 0.0997. The zero-order valence-electron chi connectivity index (χ0n) is 14.6. The highest BCUT2D eigenvalue weighted by molar-refractivity contribution is 5.94. The molecule has 0 bridgehead atoms. The van der Waals surface area contributed by atoms with E-state index >= 15 is 0 Å². The van der Waals surface area contributed by atoms with E-state index < -0.39 is 0 Å². The zero-order chi connectivity index (χ0) is 17.1. The molecule has 0 spiro atoms. The van der Waals surface area contributed by atoms with E-state index in [4.69, 9.17) is 0 Å². The zero-order valence-corrected chi connectivity index (χ0v) is 14.6. The largest absolute Gasteiger partial charge is 0.337 e. The second kappa shape index (κ2) is 7.40. The van der Waals surface area contributed by atoms with E-state index in [2.05, 4.69) is 45.8 Å². The van der Waals surface area contributed by atoms with Gasteiger partial charge in [0.1, 0.15) is 0 Å². The van der Waals surface area contributed by atoms with Gasteiger partial charge in [-0.2, -0.15) is 5.10 Å². The maximum absolute atomic E-state index is 12.8. The molecule has 2 aromatic rings. The van der Waals surface area contributed by atoms with E-state index in [1.165, 1.54) is 12.0 Å². The number of carbonyl (C=O) groups excluding carboxylic acids is 1. The minimum atomic E-state index is 0.0997. The molecule has 132 valence electrons. The molecule has 2 N–H and O–H groups in total. The molecule has 1 aromatic carbocycles. The van der Waals surface area contributed by atoms with Crippen LogP contribution in [0, 0.1) is 5.92 Å². The first-order chi connectivity index (χ1) is 12.3. The molecule has 5 heteroatoms. The highest BCUT2D eigenvalue weighted by Crippen LogP contribution is 2.25. The number of H-pyrrole nitrogens is 1. The van der Waals surface area contributed by atoms with E-state index in [-0.39, 0.29) is 5.91 Å². The SMILES string of the molecule is O=C(c1n[nH]c2c1CNCC2)N1CCC(CCc2ccccc2)CC1. The third-order valence-electron chi connectivity index (χ3n) is 5.59. The van der Waals surface area contributed by atoms with Crippen LogP contribution in [0.15, 0.2) is 30.3 Å². The van der Waals surface area contributed by atoms with Gasteiger partial charge in [0.25, 0.3) is 5.91 Å². The Kier molecular flexibility index (Phi) is 4.83. The number of aryl methyl sites for hydroxylation is 1. The monoisotopic (exact) mass is 338 g/mol. The maximum atomic E-state index is 12.8. The van der Waals surface area contributed by atoms with Crippen LogP contribution in [0.2, 0.25) is 0 Å². The normalized spacial score (nSPS) is 18.2. The number of nitrogens with one attached hydrogen (secondary N) is 2. The molecule has 1 saturated heterocycles. The van der Waals surface area contributed by atoms with Gasteiger partial charge in [0.2, 0.25) is 0 Å². The Morgan fingerprint density at radius 2 is 2.00 bits per heavy atom. The standard InChI is InChI=1S/C20H26N4O/c25-20(19-17-14-21-11-8-18(17)22-23-19)24-12-9-16(10-13-24)7-6-15-4-2-1-3-5-15/h1-5,16,21H,6-14H2,(H,22,23). The number of amides is 1. The molecular weight excluding hydrogens is 312 g/mol. The van der Waals surface area contributed by atoms with Gasteiger partial charge in [-0.05, 0) is 37.2 Å². The lowest BCUT2D eigenvalue weighted by Crippen LogP contribution is -2.39. The Labute approximate surface area is 148 Å². The molecule has 3 heterocycles. The Balaban J connectivity index is 1.31. The van der Waals surface area contributed by atoms with Crippen LogP contribution in [-0.2, 0) is 19.4 Å². The highest BCUT2D eigenvalue weighted by Gasteiger charge is 2.28. The van der Waals surface area contributed by atoms with Gasteiger partial charge in [0.15, 0.2) is 5.69 Å². The molecule has 2 aliphatic heterocycles. The summed E-state index contributed by atoms with van der Waals surface area (Å²) in [5.74, 6) is 0.821. The summed E-state index contributed by atoms with van der Waals surface area (Å²) in [5.41, 5.74) is 4.24. The number of likely N-dealkylation sites (tertiary alicyclic amines) is 1. The van der Waals surface area contributed by atoms with Gasteiger partial charge in [-0.25, -0.2) is 0 Å². The van der Waals surface area contributed by atoms with E-state index in [0.717, 1.165) is 69.0 Å². The van der Waals surface area contributed by atoms with Gasteiger partial charge in [-0.15, -0.1) is 0 Å². The fourth-order valence-corrected chi connectivity index (χ4v) is 3.99. The van der Waals surface area contributed by atoms with Crippen LogP contribution < -0.4 is 5.32 Å². The molecule has 0 radical (unpaired) electrons. The molecule has 0 unspecified atom stereocenters. The fraction of sp³-hybridized carbons (Fsp3) is 0.500. The van der Waals surface area contributed by atoms with Crippen LogP contribution in [0.1, 0.15) is 46.6 Å². The molecule has 5 nitrogen and oxygen atoms in total. The third-order valence-corrected chi connectivity index (χ3v) is 5.59. The van der Waals surface area contributed by atoms with Crippen molar-refractivity contribution in [3.63, 3.8) is 0 Å². The van der Waals surface area contributed by atoms with Crippen molar-refractivity contribution in [2.24, 2.45) is 5.92 Å². The van der Waals surface area contributed by atoms with Gasteiger partial charge >= 0.3 is 0 Å². The van der Waals surface area contributed by atoms with Crippen LogP contribution in [0.3, 0.4) is 0 Å². The Bertz CT molecular complexity index is 717. The number of hydrogen-bond donors (Lipinski definition) is 2. The molecule has 0 saturated carbocycles. The molecule has 1 amide bonds. The van der Waals surface area contributed by atoms with Crippen molar-refractivity contribution < 1.29 is 4.79 Å². The van der Waals surface area contributed by atoms with E-state index in [0.29, 0.717) is 5.69 Å². The molecule has 4 rings (SSSR count). The van der Waals surface area contributed by atoms with Crippen molar-refractivity contribution in [3.8, 4) is 0 Å². The van der Waals surface area contributed by atoms with Crippen molar-refractivity contribution in [1.82, 2.24) is 20.4 Å². The summed E-state index contributed by atoms with van der Waals surface area (Å²) in [5, 5.41) is 10.7. The lowest BCUT2D eigenvalue weighted by Gasteiger charge is -2.32. The number of benzene rings is 1. The number of carbonyl (C=O) groups is 1. The predicted octanol–water partition coefficient (Wildman–Crippen LogP) is 2.54. The third kappa shape index (κ3) is 3.61.